The van der Waals surface area contributed by atoms with Crippen molar-refractivity contribution in [3.63, 3.8) is 0 Å². The Morgan fingerprint density at radius 3 is 2.53 bits per heavy atom. The molecule has 82 valence electrons. The fourth-order valence-corrected chi connectivity index (χ4v) is 2.24. The maximum Gasteiger partial charge on any atom is 0.167 e. The van der Waals surface area contributed by atoms with E-state index in [1.807, 2.05) is 19.1 Å². The Morgan fingerprint density at radius 2 is 1.93 bits per heavy atom. The van der Waals surface area contributed by atoms with E-state index in [0.29, 0.717) is 0 Å². The van der Waals surface area contributed by atoms with Crippen molar-refractivity contribution >= 4 is 27.5 Å². The molecule has 0 saturated carbocycles. The largest absolute Gasteiger partial charge is 0.324 e. The van der Waals surface area contributed by atoms with Crippen molar-refractivity contribution in [3.05, 3.63) is 34.3 Å². The van der Waals surface area contributed by atoms with Crippen molar-refractivity contribution in [3.8, 4) is 0 Å². The lowest BCUT2D eigenvalue weighted by Gasteiger charge is -2.33. The van der Waals surface area contributed by atoms with Crippen LogP contribution in [-0.2, 0) is 21.2 Å². The average molecular weight is 292 g/mol. The molecule has 0 N–H and O–H groups in total. The predicted molar refractivity (Wildman–Crippen MR) is 63.2 cm³/mol. The minimum absolute atomic E-state index is 0.0650. The van der Waals surface area contributed by atoms with Crippen LogP contribution in [0.5, 0.6) is 0 Å². The van der Waals surface area contributed by atoms with E-state index in [2.05, 4.69) is 22.0 Å². The van der Waals surface area contributed by atoms with Gasteiger partial charge in [0.1, 0.15) is 0 Å². The van der Waals surface area contributed by atoms with Crippen LogP contribution in [-0.4, -0.2) is 12.6 Å². The topological polar surface area (TPSA) is 18.5 Å². The summed E-state index contributed by atoms with van der Waals surface area (Å²) >= 11 is 9.41. The maximum atomic E-state index is 6.00. The van der Waals surface area contributed by atoms with E-state index < -0.39 is 0 Å². The molecule has 0 unspecified atom stereocenters. The van der Waals surface area contributed by atoms with Crippen LogP contribution in [0.4, 0.5) is 0 Å². The molecule has 2 nitrogen and oxygen atoms in total. The number of ether oxygens (including phenoxy) is 2. The van der Waals surface area contributed by atoms with Crippen LogP contribution in [0.15, 0.2) is 18.2 Å². The fourth-order valence-electron chi connectivity index (χ4n) is 1.64. The summed E-state index contributed by atoms with van der Waals surface area (Å²) in [5.41, 5.74) is 2.32. The summed E-state index contributed by atoms with van der Waals surface area (Å²) in [6.45, 7) is 1.89. The SMILES string of the molecule is CC1OC(Cc2cc(Cl)cc(CBr)c2)O1. The Morgan fingerprint density at radius 1 is 1.27 bits per heavy atom. The highest BCUT2D eigenvalue weighted by molar-refractivity contribution is 9.08. The first kappa shape index (κ1) is 11.4. The zero-order chi connectivity index (χ0) is 10.8. The summed E-state index contributed by atoms with van der Waals surface area (Å²) in [4.78, 5) is 0. The van der Waals surface area contributed by atoms with Crippen molar-refractivity contribution in [2.24, 2.45) is 0 Å². The van der Waals surface area contributed by atoms with E-state index in [0.717, 1.165) is 22.3 Å². The molecule has 0 spiro atoms. The third kappa shape index (κ3) is 2.94. The zero-order valence-corrected chi connectivity index (χ0v) is 10.7. The quantitative estimate of drug-likeness (QED) is 0.794. The summed E-state index contributed by atoms with van der Waals surface area (Å²) in [6.07, 6.45) is 0.580. The molecule has 1 aromatic carbocycles. The third-order valence-electron chi connectivity index (χ3n) is 2.26. The summed E-state index contributed by atoms with van der Waals surface area (Å²) in [5, 5.41) is 1.57. The Bertz CT molecular complexity index is 350. The van der Waals surface area contributed by atoms with Gasteiger partial charge in [-0.3, -0.25) is 0 Å². The Balaban J connectivity index is 2.04. The Hall–Kier alpha value is -0.0900. The normalized spacial score (nSPS) is 25.0. The van der Waals surface area contributed by atoms with Gasteiger partial charge >= 0.3 is 0 Å². The van der Waals surface area contributed by atoms with E-state index in [9.17, 15) is 0 Å². The second-order valence-corrected chi connectivity index (χ2v) is 4.57. The first-order valence-corrected chi connectivity index (χ1v) is 6.32. The summed E-state index contributed by atoms with van der Waals surface area (Å²) in [5.74, 6) is 0. The monoisotopic (exact) mass is 290 g/mol. The molecular formula is C11H12BrClO2. The van der Waals surface area contributed by atoms with Crippen LogP contribution in [0.2, 0.25) is 5.02 Å². The molecule has 15 heavy (non-hydrogen) atoms. The molecule has 4 heteroatoms. The van der Waals surface area contributed by atoms with Crippen molar-refractivity contribution in [2.45, 2.75) is 31.3 Å². The smallest absolute Gasteiger partial charge is 0.167 e. The van der Waals surface area contributed by atoms with Crippen LogP contribution >= 0.6 is 27.5 Å². The second kappa shape index (κ2) is 4.83. The molecule has 1 heterocycles. The number of alkyl halides is 1. The lowest BCUT2D eigenvalue weighted by molar-refractivity contribution is -0.374. The molecule has 1 aliphatic heterocycles. The van der Waals surface area contributed by atoms with Gasteiger partial charge in [-0.1, -0.05) is 33.6 Å². The molecule has 1 aromatic rings. The van der Waals surface area contributed by atoms with Gasteiger partial charge in [-0.05, 0) is 30.2 Å². The highest BCUT2D eigenvalue weighted by atomic mass is 79.9. The van der Waals surface area contributed by atoms with Crippen molar-refractivity contribution in [1.29, 1.82) is 0 Å². The number of rotatable bonds is 3. The highest BCUT2D eigenvalue weighted by Gasteiger charge is 2.26. The van der Waals surface area contributed by atoms with Crippen molar-refractivity contribution in [1.82, 2.24) is 0 Å². The molecular weight excluding hydrogens is 279 g/mol. The van der Waals surface area contributed by atoms with E-state index in [4.69, 9.17) is 21.1 Å². The molecule has 1 aliphatic rings. The third-order valence-corrected chi connectivity index (χ3v) is 3.13. The highest BCUT2D eigenvalue weighted by Crippen LogP contribution is 2.23. The van der Waals surface area contributed by atoms with Gasteiger partial charge in [0.25, 0.3) is 0 Å². The molecule has 0 aromatic heterocycles. The second-order valence-electron chi connectivity index (χ2n) is 3.57. The van der Waals surface area contributed by atoms with Crippen LogP contribution < -0.4 is 0 Å². The van der Waals surface area contributed by atoms with Crippen LogP contribution in [0.25, 0.3) is 0 Å². The molecule has 1 saturated heterocycles. The molecule has 2 rings (SSSR count). The van der Waals surface area contributed by atoms with Crippen LogP contribution in [0.1, 0.15) is 18.1 Å². The first-order valence-electron chi connectivity index (χ1n) is 4.82. The minimum atomic E-state index is -0.110. The summed E-state index contributed by atoms with van der Waals surface area (Å²) in [6, 6.07) is 6.00. The number of halogens is 2. The Kier molecular flexibility index (Phi) is 3.67. The van der Waals surface area contributed by atoms with Gasteiger partial charge in [0.15, 0.2) is 12.6 Å². The molecule has 0 amide bonds. The lowest BCUT2D eigenvalue weighted by atomic mass is 10.1. The molecule has 0 aliphatic carbocycles. The van der Waals surface area contributed by atoms with Crippen molar-refractivity contribution in [2.75, 3.05) is 0 Å². The van der Waals surface area contributed by atoms with Crippen LogP contribution in [0, 0.1) is 0 Å². The van der Waals surface area contributed by atoms with Gasteiger partial charge in [-0.25, -0.2) is 0 Å². The van der Waals surface area contributed by atoms with Crippen molar-refractivity contribution < 1.29 is 9.47 Å². The van der Waals surface area contributed by atoms with E-state index >= 15 is 0 Å². The average Bonchev–Trinajstić information content (AvgIpc) is 2.14. The fraction of sp³-hybridized carbons (Fsp3) is 0.455. The summed E-state index contributed by atoms with van der Waals surface area (Å²) < 4.78 is 10.8. The van der Waals surface area contributed by atoms with E-state index in [1.165, 1.54) is 5.56 Å². The van der Waals surface area contributed by atoms with Gasteiger partial charge in [0.2, 0.25) is 0 Å². The Labute approximate surface area is 103 Å². The lowest BCUT2D eigenvalue weighted by Crippen LogP contribution is -2.40. The van der Waals surface area contributed by atoms with Gasteiger partial charge in [-0.2, -0.15) is 0 Å². The van der Waals surface area contributed by atoms with Gasteiger partial charge in [0, 0.05) is 16.8 Å². The molecule has 0 atom stereocenters. The predicted octanol–water partition coefficient (Wildman–Crippen LogP) is 3.50. The first-order chi connectivity index (χ1) is 7.17. The number of benzene rings is 1. The zero-order valence-electron chi connectivity index (χ0n) is 8.37. The maximum absolute atomic E-state index is 6.00. The molecule has 0 radical (unpaired) electrons. The summed E-state index contributed by atoms with van der Waals surface area (Å²) in [7, 11) is 0. The van der Waals surface area contributed by atoms with Gasteiger partial charge in [-0.15, -0.1) is 0 Å². The number of hydrogen-bond donors (Lipinski definition) is 0. The number of hydrogen-bond acceptors (Lipinski definition) is 2. The van der Waals surface area contributed by atoms with Gasteiger partial charge in [0.05, 0.1) is 0 Å². The standard InChI is InChI=1S/C11H12BrClO2/c1-7-14-11(15-7)5-8-2-9(6-12)4-10(13)3-8/h2-4,7,11H,5-6H2,1H3. The van der Waals surface area contributed by atoms with Crippen LogP contribution in [0.3, 0.4) is 0 Å². The van der Waals surface area contributed by atoms with E-state index in [-0.39, 0.29) is 12.6 Å². The van der Waals surface area contributed by atoms with Gasteiger partial charge < -0.3 is 9.47 Å². The minimum Gasteiger partial charge on any atom is -0.324 e. The molecule has 0 bridgehead atoms. The van der Waals surface area contributed by atoms with E-state index in [1.54, 1.807) is 0 Å². The molecule has 1 fully saturated rings.